The average molecular weight is 353 g/mol. The van der Waals surface area contributed by atoms with Crippen LogP contribution in [0.15, 0.2) is 24.8 Å². The maximum Gasteiger partial charge on any atom is 0.573 e. The smallest absolute Gasteiger partial charge is 0.406 e. The van der Waals surface area contributed by atoms with Gasteiger partial charge in [0, 0.05) is 6.54 Å². The van der Waals surface area contributed by atoms with E-state index in [1.165, 1.54) is 18.2 Å². The third kappa shape index (κ3) is 5.43. The first-order chi connectivity index (χ1) is 11.1. The number of hydrogen-bond acceptors (Lipinski definition) is 2. The Morgan fingerprint density at radius 3 is 2.21 bits per heavy atom. The van der Waals surface area contributed by atoms with Crippen LogP contribution in [0.5, 0.6) is 5.75 Å². The quantitative estimate of drug-likeness (QED) is 0.706. The average Bonchev–Trinajstić information content (AvgIpc) is 2.44. The number of hydrogen-bond donors (Lipinski definition) is 0. The Hall–Kier alpha value is -1.70. The van der Waals surface area contributed by atoms with Crippen LogP contribution in [0.1, 0.15) is 24.0 Å². The summed E-state index contributed by atoms with van der Waals surface area (Å²) in [4.78, 5) is 1.79. The molecular weight excluding hydrogens is 336 g/mol. The van der Waals surface area contributed by atoms with Crippen molar-refractivity contribution in [3.05, 3.63) is 35.9 Å². The van der Waals surface area contributed by atoms with Gasteiger partial charge in [-0.25, -0.2) is 0 Å². The van der Waals surface area contributed by atoms with Crippen LogP contribution < -0.4 is 4.74 Å². The summed E-state index contributed by atoms with van der Waals surface area (Å²) in [6.07, 6.45) is -7.61. The Labute approximate surface area is 135 Å². The largest absolute Gasteiger partial charge is 0.573 e. The van der Waals surface area contributed by atoms with Crippen LogP contribution in [0.25, 0.3) is 6.08 Å². The molecule has 1 aliphatic heterocycles. The summed E-state index contributed by atoms with van der Waals surface area (Å²) in [7, 11) is 0. The second-order valence-electron chi connectivity index (χ2n) is 5.75. The highest BCUT2D eigenvalue weighted by molar-refractivity contribution is 5.51. The van der Waals surface area contributed by atoms with Gasteiger partial charge in [-0.3, -0.25) is 4.90 Å². The molecule has 8 heteroatoms. The number of benzene rings is 1. The summed E-state index contributed by atoms with van der Waals surface area (Å²) < 4.78 is 78.9. The van der Waals surface area contributed by atoms with Crippen molar-refractivity contribution in [2.45, 2.75) is 31.9 Å². The lowest BCUT2D eigenvalue weighted by Crippen LogP contribution is -2.38. The van der Waals surface area contributed by atoms with Crippen molar-refractivity contribution in [2.24, 2.45) is 5.92 Å². The van der Waals surface area contributed by atoms with Gasteiger partial charge in [-0.1, -0.05) is 18.7 Å². The summed E-state index contributed by atoms with van der Waals surface area (Å²) >= 11 is 0. The van der Waals surface area contributed by atoms with E-state index in [-0.39, 0.29) is 38.2 Å². The van der Waals surface area contributed by atoms with E-state index in [4.69, 9.17) is 0 Å². The molecule has 1 aromatic rings. The van der Waals surface area contributed by atoms with Gasteiger partial charge < -0.3 is 4.74 Å². The normalized spacial score (nSPS) is 17.8. The molecule has 0 aliphatic carbocycles. The third-order valence-electron chi connectivity index (χ3n) is 3.91. The van der Waals surface area contributed by atoms with E-state index in [1.807, 2.05) is 0 Å². The molecule has 24 heavy (non-hydrogen) atoms. The lowest BCUT2D eigenvalue weighted by atomic mass is 9.96. The molecule has 0 atom stereocenters. The number of alkyl halides is 6. The SMILES string of the molecule is C=Cc1cc(CN2CCC(C(F)(F)F)CC2)cc(OC(F)(F)F)c1. The van der Waals surface area contributed by atoms with Crippen molar-refractivity contribution in [3.8, 4) is 5.75 Å². The van der Waals surface area contributed by atoms with Crippen molar-refractivity contribution in [1.29, 1.82) is 0 Å². The standard InChI is InChI=1S/C16H17F6NO/c1-2-11-7-12(9-14(8-11)24-16(20,21)22)10-23-5-3-13(4-6-23)15(17,18)19/h2,7-9,13H,1,3-6,10H2. The van der Waals surface area contributed by atoms with E-state index >= 15 is 0 Å². The lowest BCUT2D eigenvalue weighted by Gasteiger charge is -2.33. The van der Waals surface area contributed by atoms with E-state index in [0.29, 0.717) is 11.1 Å². The number of likely N-dealkylation sites (tertiary alicyclic amines) is 1. The maximum atomic E-state index is 12.7. The molecule has 1 aliphatic rings. The van der Waals surface area contributed by atoms with E-state index < -0.39 is 18.5 Å². The fraction of sp³-hybridized carbons (Fsp3) is 0.500. The van der Waals surface area contributed by atoms with Gasteiger partial charge in [0.05, 0.1) is 5.92 Å². The number of ether oxygens (including phenoxy) is 1. The highest BCUT2D eigenvalue weighted by Gasteiger charge is 2.41. The zero-order valence-corrected chi connectivity index (χ0v) is 12.8. The molecule has 0 N–H and O–H groups in total. The Bertz CT molecular complexity index is 573. The zero-order valence-electron chi connectivity index (χ0n) is 12.8. The summed E-state index contributed by atoms with van der Waals surface area (Å²) in [5.74, 6) is -1.67. The molecule has 134 valence electrons. The van der Waals surface area contributed by atoms with Crippen molar-refractivity contribution in [1.82, 2.24) is 4.90 Å². The van der Waals surface area contributed by atoms with Crippen LogP contribution in [-0.2, 0) is 6.54 Å². The number of rotatable bonds is 4. The number of piperidine rings is 1. The monoisotopic (exact) mass is 353 g/mol. The molecule has 1 saturated heterocycles. The number of nitrogens with zero attached hydrogens (tertiary/aromatic N) is 1. The van der Waals surface area contributed by atoms with Crippen molar-refractivity contribution in [2.75, 3.05) is 13.1 Å². The van der Waals surface area contributed by atoms with E-state index in [1.54, 1.807) is 11.0 Å². The summed E-state index contributed by atoms with van der Waals surface area (Å²) in [6, 6.07) is 4.10. The van der Waals surface area contributed by atoms with E-state index in [2.05, 4.69) is 11.3 Å². The van der Waals surface area contributed by atoms with Crippen LogP contribution >= 0.6 is 0 Å². The van der Waals surface area contributed by atoms with Gasteiger partial charge in [-0.15, -0.1) is 13.2 Å². The molecule has 2 rings (SSSR count). The van der Waals surface area contributed by atoms with E-state index in [9.17, 15) is 26.3 Å². The van der Waals surface area contributed by atoms with Crippen LogP contribution in [-0.4, -0.2) is 30.5 Å². The predicted molar refractivity (Wildman–Crippen MR) is 77.3 cm³/mol. The molecule has 0 aromatic heterocycles. The van der Waals surface area contributed by atoms with Gasteiger partial charge in [0.1, 0.15) is 5.75 Å². The van der Waals surface area contributed by atoms with Gasteiger partial charge in [-0.2, -0.15) is 13.2 Å². The first kappa shape index (κ1) is 18.6. The Balaban J connectivity index is 2.04. The minimum absolute atomic E-state index is 0.00342. The van der Waals surface area contributed by atoms with Gasteiger partial charge in [0.15, 0.2) is 0 Å². The highest BCUT2D eigenvalue weighted by Crippen LogP contribution is 2.34. The van der Waals surface area contributed by atoms with Gasteiger partial charge in [0.25, 0.3) is 0 Å². The topological polar surface area (TPSA) is 12.5 Å². The van der Waals surface area contributed by atoms with Crippen LogP contribution in [0, 0.1) is 5.92 Å². The van der Waals surface area contributed by atoms with Gasteiger partial charge in [-0.05, 0) is 49.2 Å². The van der Waals surface area contributed by atoms with Gasteiger partial charge >= 0.3 is 12.5 Å². The summed E-state index contributed by atoms with van der Waals surface area (Å²) in [5.41, 5.74) is 0.994. The fourth-order valence-corrected chi connectivity index (χ4v) is 2.76. The molecule has 0 unspecified atom stereocenters. The molecule has 1 heterocycles. The first-order valence-electron chi connectivity index (χ1n) is 7.38. The molecule has 0 radical (unpaired) electrons. The highest BCUT2D eigenvalue weighted by atomic mass is 19.4. The minimum Gasteiger partial charge on any atom is -0.406 e. The Morgan fingerprint density at radius 1 is 1.08 bits per heavy atom. The molecule has 1 fully saturated rings. The van der Waals surface area contributed by atoms with E-state index in [0.717, 1.165) is 0 Å². The third-order valence-corrected chi connectivity index (χ3v) is 3.91. The van der Waals surface area contributed by atoms with Gasteiger partial charge in [0.2, 0.25) is 0 Å². The molecule has 0 bridgehead atoms. The van der Waals surface area contributed by atoms with Crippen molar-refractivity contribution < 1.29 is 31.1 Å². The zero-order chi connectivity index (χ0) is 18.0. The summed E-state index contributed by atoms with van der Waals surface area (Å²) in [5, 5.41) is 0. The Morgan fingerprint density at radius 2 is 1.71 bits per heavy atom. The Kier molecular flexibility index (Phi) is 5.47. The van der Waals surface area contributed by atoms with Crippen LogP contribution in [0.2, 0.25) is 0 Å². The molecule has 0 amide bonds. The molecular formula is C16H17F6NO. The number of halogens is 6. The first-order valence-corrected chi connectivity index (χ1v) is 7.38. The fourth-order valence-electron chi connectivity index (χ4n) is 2.76. The van der Waals surface area contributed by atoms with Crippen LogP contribution in [0.4, 0.5) is 26.3 Å². The second-order valence-corrected chi connectivity index (χ2v) is 5.75. The van der Waals surface area contributed by atoms with Crippen LogP contribution in [0.3, 0.4) is 0 Å². The molecule has 2 nitrogen and oxygen atoms in total. The predicted octanol–water partition coefficient (Wildman–Crippen LogP) is 5.00. The second kappa shape index (κ2) is 7.04. The van der Waals surface area contributed by atoms with Crippen molar-refractivity contribution >= 4 is 6.08 Å². The summed E-state index contributed by atoms with van der Waals surface area (Å²) in [6.45, 7) is 4.28. The molecule has 0 saturated carbocycles. The molecule has 1 aromatic carbocycles. The maximum absolute atomic E-state index is 12.7. The molecule has 0 spiro atoms. The van der Waals surface area contributed by atoms with Crippen molar-refractivity contribution in [3.63, 3.8) is 0 Å². The minimum atomic E-state index is -4.80. The lowest BCUT2D eigenvalue weighted by molar-refractivity contribution is -0.274.